The Morgan fingerprint density at radius 2 is 1.60 bits per heavy atom. The van der Waals surface area contributed by atoms with Gasteiger partial charge in [0.15, 0.2) is 0 Å². The van der Waals surface area contributed by atoms with Crippen molar-refractivity contribution in [1.29, 1.82) is 0 Å². The molecule has 0 bridgehead atoms. The molecular formula is C19H16ClNO2S2. The fourth-order valence-electron chi connectivity index (χ4n) is 2.69. The smallest absolute Gasteiger partial charge is 0.346 e. The van der Waals surface area contributed by atoms with Gasteiger partial charge in [-0.05, 0) is 35.4 Å². The fourth-order valence-corrected chi connectivity index (χ4v) is 4.21. The van der Waals surface area contributed by atoms with Gasteiger partial charge in [0.1, 0.15) is 4.88 Å². The number of aromatic carboxylic acids is 1. The van der Waals surface area contributed by atoms with Crippen molar-refractivity contribution in [3.8, 4) is 21.6 Å². The lowest BCUT2D eigenvalue weighted by molar-refractivity contribution is 0.0703. The van der Waals surface area contributed by atoms with Crippen LogP contribution in [0.3, 0.4) is 0 Å². The molecule has 2 aromatic carbocycles. The molecule has 128 valence electrons. The fraction of sp³-hybridized carbons (Fsp3) is 0.105. The molecule has 3 nitrogen and oxygen atoms in total. The van der Waals surface area contributed by atoms with E-state index in [-0.39, 0.29) is 0 Å². The summed E-state index contributed by atoms with van der Waals surface area (Å²) in [5.74, 6) is -0.932. The van der Waals surface area contributed by atoms with E-state index in [1.54, 1.807) is 0 Å². The Bertz CT molecular complexity index is 916. The lowest BCUT2D eigenvalue weighted by Gasteiger charge is -2.17. The van der Waals surface area contributed by atoms with Crippen LogP contribution in [0.1, 0.15) is 9.67 Å². The van der Waals surface area contributed by atoms with E-state index in [1.165, 1.54) is 11.3 Å². The second-order valence-electron chi connectivity index (χ2n) is 5.74. The Hall–Kier alpha value is -1.95. The van der Waals surface area contributed by atoms with E-state index in [1.807, 2.05) is 67.5 Å². The summed E-state index contributed by atoms with van der Waals surface area (Å²) >= 11 is 11.6. The van der Waals surface area contributed by atoms with Crippen molar-refractivity contribution < 1.29 is 9.90 Å². The van der Waals surface area contributed by atoms with Crippen LogP contribution in [0.2, 0.25) is 5.02 Å². The summed E-state index contributed by atoms with van der Waals surface area (Å²) in [5, 5.41) is 10.4. The normalized spacial score (nSPS) is 10.7. The van der Waals surface area contributed by atoms with Gasteiger partial charge in [0, 0.05) is 29.6 Å². The van der Waals surface area contributed by atoms with Crippen molar-refractivity contribution in [1.82, 2.24) is 0 Å². The Kier molecular flexibility index (Phi) is 5.08. The van der Waals surface area contributed by atoms with Gasteiger partial charge in [-0.2, -0.15) is 0 Å². The van der Waals surface area contributed by atoms with Crippen molar-refractivity contribution >= 4 is 47.2 Å². The van der Waals surface area contributed by atoms with Crippen molar-refractivity contribution in [3.05, 3.63) is 58.4 Å². The van der Waals surface area contributed by atoms with E-state index >= 15 is 0 Å². The van der Waals surface area contributed by atoms with Gasteiger partial charge >= 0.3 is 5.97 Å². The molecule has 0 spiro atoms. The summed E-state index contributed by atoms with van der Waals surface area (Å²) in [5.41, 5.74) is 3.41. The van der Waals surface area contributed by atoms with Crippen molar-refractivity contribution in [2.24, 2.45) is 0 Å². The summed E-state index contributed by atoms with van der Waals surface area (Å²) in [4.78, 5) is 15.9. The van der Waals surface area contributed by atoms with Crippen LogP contribution in [0, 0.1) is 0 Å². The third kappa shape index (κ3) is 3.54. The minimum absolute atomic E-state index is 0.320. The Labute approximate surface area is 160 Å². The maximum Gasteiger partial charge on any atom is 0.346 e. The summed E-state index contributed by atoms with van der Waals surface area (Å²) in [6.45, 7) is 0. The van der Waals surface area contributed by atoms with Gasteiger partial charge in [-0.3, -0.25) is 0 Å². The van der Waals surface area contributed by atoms with Crippen molar-refractivity contribution in [3.63, 3.8) is 0 Å². The number of benzene rings is 2. The molecule has 0 unspecified atom stereocenters. The zero-order valence-electron chi connectivity index (χ0n) is 13.7. The lowest BCUT2D eigenvalue weighted by atomic mass is 10.0. The van der Waals surface area contributed by atoms with Gasteiger partial charge in [0.2, 0.25) is 0 Å². The molecule has 0 aliphatic carbocycles. The Balaban J connectivity index is 2.30. The van der Waals surface area contributed by atoms with Gasteiger partial charge in [-0.25, -0.2) is 4.79 Å². The Morgan fingerprint density at radius 1 is 1.04 bits per heavy atom. The molecule has 0 saturated carbocycles. The van der Waals surface area contributed by atoms with E-state index in [0.717, 1.165) is 32.2 Å². The largest absolute Gasteiger partial charge is 0.477 e. The van der Waals surface area contributed by atoms with Crippen LogP contribution in [0.5, 0.6) is 0 Å². The number of rotatable bonds is 4. The number of hydrogen-bond acceptors (Lipinski definition) is 4. The minimum atomic E-state index is -0.932. The van der Waals surface area contributed by atoms with Crippen LogP contribution in [-0.4, -0.2) is 25.2 Å². The molecule has 0 saturated heterocycles. The first-order chi connectivity index (χ1) is 11.9. The van der Waals surface area contributed by atoms with Gasteiger partial charge in [-0.1, -0.05) is 35.9 Å². The van der Waals surface area contributed by atoms with E-state index in [2.05, 4.69) is 12.6 Å². The van der Waals surface area contributed by atoms with Crippen LogP contribution in [0.4, 0.5) is 5.69 Å². The van der Waals surface area contributed by atoms with Crippen LogP contribution in [-0.2, 0) is 0 Å². The zero-order chi connectivity index (χ0) is 18.1. The highest BCUT2D eigenvalue weighted by atomic mass is 35.5. The second kappa shape index (κ2) is 7.12. The number of anilines is 1. The summed E-state index contributed by atoms with van der Waals surface area (Å²) < 4.78 is 0. The second-order valence-corrected chi connectivity index (χ2v) is 7.71. The number of nitrogens with zero attached hydrogens (tertiary/aromatic N) is 1. The summed E-state index contributed by atoms with van der Waals surface area (Å²) in [6, 6.07) is 15.0. The molecule has 0 aliphatic rings. The lowest BCUT2D eigenvalue weighted by Crippen LogP contribution is -2.10. The number of carboxylic acids is 1. The maximum atomic E-state index is 11.9. The standard InChI is InChI=1S/C19H16ClNO2S2/c1-21(2)16-15(11-5-9-14(24)10-6-11)18(19(22)23)25-17(16)12-3-7-13(20)8-4-12/h3-10,24H,1-2H3,(H,22,23). The quantitative estimate of drug-likeness (QED) is 0.555. The molecule has 0 aliphatic heterocycles. The first-order valence-electron chi connectivity index (χ1n) is 7.51. The molecule has 3 rings (SSSR count). The number of carboxylic acid groups (broad SMARTS) is 1. The highest BCUT2D eigenvalue weighted by Crippen LogP contribution is 2.47. The van der Waals surface area contributed by atoms with Crippen LogP contribution >= 0.6 is 35.6 Å². The summed E-state index contributed by atoms with van der Waals surface area (Å²) in [7, 11) is 3.84. The number of hydrogen-bond donors (Lipinski definition) is 2. The minimum Gasteiger partial charge on any atom is -0.477 e. The molecule has 1 aromatic heterocycles. The Morgan fingerprint density at radius 3 is 2.12 bits per heavy atom. The molecule has 3 aromatic rings. The molecule has 0 radical (unpaired) electrons. The number of carbonyl (C=O) groups is 1. The predicted octanol–water partition coefficient (Wildman–Crippen LogP) is 5.79. The van der Waals surface area contributed by atoms with Crippen LogP contribution in [0.15, 0.2) is 53.4 Å². The van der Waals surface area contributed by atoms with E-state index < -0.39 is 5.97 Å². The van der Waals surface area contributed by atoms with E-state index in [9.17, 15) is 9.90 Å². The van der Waals surface area contributed by atoms with E-state index in [0.29, 0.717) is 9.90 Å². The average Bonchev–Trinajstić information content (AvgIpc) is 2.97. The molecule has 0 amide bonds. The summed E-state index contributed by atoms with van der Waals surface area (Å²) in [6.07, 6.45) is 0. The van der Waals surface area contributed by atoms with Crippen molar-refractivity contribution in [2.45, 2.75) is 4.90 Å². The monoisotopic (exact) mass is 389 g/mol. The van der Waals surface area contributed by atoms with Gasteiger partial charge in [-0.15, -0.1) is 24.0 Å². The molecule has 1 N–H and O–H groups in total. The molecule has 0 fully saturated rings. The topological polar surface area (TPSA) is 40.5 Å². The van der Waals surface area contributed by atoms with Gasteiger partial charge < -0.3 is 10.0 Å². The SMILES string of the molecule is CN(C)c1c(-c2ccc(Cl)cc2)sc(C(=O)O)c1-c1ccc(S)cc1. The molecule has 1 heterocycles. The zero-order valence-corrected chi connectivity index (χ0v) is 16.1. The molecule has 25 heavy (non-hydrogen) atoms. The third-order valence-corrected chi connectivity index (χ3v) is 5.55. The number of thiophene rings is 1. The third-order valence-electron chi connectivity index (χ3n) is 3.79. The highest BCUT2D eigenvalue weighted by molar-refractivity contribution is 7.80. The number of thiol groups is 1. The molecule has 0 atom stereocenters. The van der Waals surface area contributed by atoms with Gasteiger partial charge in [0.05, 0.1) is 10.6 Å². The predicted molar refractivity (Wildman–Crippen MR) is 109 cm³/mol. The maximum absolute atomic E-state index is 11.9. The van der Waals surface area contributed by atoms with E-state index in [4.69, 9.17) is 11.6 Å². The average molecular weight is 390 g/mol. The highest BCUT2D eigenvalue weighted by Gasteiger charge is 2.25. The van der Waals surface area contributed by atoms with Crippen LogP contribution < -0.4 is 4.90 Å². The van der Waals surface area contributed by atoms with Gasteiger partial charge in [0.25, 0.3) is 0 Å². The first-order valence-corrected chi connectivity index (χ1v) is 9.15. The van der Waals surface area contributed by atoms with Crippen LogP contribution in [0.25, 0.3) is 21.6 Å². The molecular weight excluding hydrogens is 374 g/mol. The molecule has 6 heteroatoms. The van der Waals surface area contributed by atoms with Crippen molar-refractivity contribution in [2.75, 3.05) is 19.0 Å². The number of halogens is 1. The first kappa shape index (κ1) is 17.9.